The molecule has 0 aliphatic rings. The fraction of sp³-hybridized carbons (Fsp3) is 0.235. The molecular weight excluding hydrogens is 308 g/mol. The van der Waals surface area contributed by atoms with E-state index in [1.165, 1.54) is 0 Å². The van der Waals surface area contributed by atoms with Crippen molar-refractivity contribution in [2.75, 3.05) is 18.5 Å². The molecule has 0 radical (unpaired) electrons. The molecule has 24 heavy (non-hydrogen) atoms. The minimum Gasteiger partial charge on any atom is -0.491 e. The molecule has 3 rings (SSSR count). The fourth-order valence-electron chi connectivity index (χ4n) is 2.14. The number of carbonyl (C=O) groups excluding carboxylic acids is 1. The van der Waals surface area contributed by atoms with Crippen LogP contribution < -0.4 is 14.8 Å². The number of para-hydroxylation sites is 2. The number of ether oxygens (including phenoxy) is 2. The second-order valence-electron chi connectivity index (χ2n) is 5.09. The number of nitrogens with one attached hydrogen (secondary N) is 1. The Morgan fingerprint density at radius 1 is 1.12 bits per heavy atom. The quantitative estimate of drug-likeness (QED) is 0.722. The van der Waals surface area contributed by atoms with Crippen molar-refractivity contribution in [3.63, 3.8) is 0 Å². The van der Waals surface area contributed by atoms with Gasteiger partial charge in [-0.05, 0) is 30.7 Å². The van der Waals surface area contributed by atoms with Crippen molar-refractivity contribution in [3.8, 4) is 11.8 Å². The summed E-state index contributed by atoms with van der Waals surface area (Å²) in [6.45, 7) is 2.45. The Labute approximate surface area is 139 Å². The van der Waals surface area contributed by atoms with Crippen LogP contribution in [0.1, 0.15) is 13.3 Å². The van der Waals surface area contributed by atoms with Gasteiger partial charge in [-0.1, -0.05) is 30.2 Å². The first kappa shape index (κ1) is 15.8. The lowest BCUT2D eigenvalue weighted by molar-refractivity contribution is -0.118. The molecule has 124 valence electrons. The molecule has 0 bridgehead atoms. The molecule has 0 unspecified atom stereocenters. The van der Waals surface area contributed by atoms with E-state index in [-0.39, 0.29) is 18.5 Å². The molecule has 7 nitrogen and oxygen atoms in total. The lowest BCUT2D eigenvalue weighted by atomic mass is 10.3. The number of benzene rings is 1. The zero-order valence-corrected chi connectivity index (χ0v) is 13.3. The third-order valence-corrected chi connectivity index (χ3v) is 3.24. The molecule has 0 spiro atoms. The predicted octanol–water partition coefficient (Wildman–Crippen LogP) is 2.54. The largest absolute Gasteiger partial charge is 0.491 e. The number of anilines is 1. The standard InChI is InChI=1S/C17H18N4O3/c1-2-11-23-14-8-4-3-7-13(14)18-16(22)12-24-17-20-19-15-9-5-6-10-21(15)17/h3-10H,2,11-12H2,1H3,(H,18,22). The van der Waals surface area contributed by atoms with E-state index in [1.54, 1.807) is 22.7 Å². The average Bonchev–Trinajstić information content (AvgIpc) is 3.02. The molecule has 0 aliphatic carbocycles. The number of aromatic nitrogens is 3. The van der Waals surface area contributed by atoms with Gasteiger partial charge in [0.2, 0.25) is 0 Å². The maximum atomic E-state index is 12.1. The Kier molecular flexibility index (Phi) is 4.90. The lowest BCUT2D eigenvalue weighted by Crippen LogP contribution is -2.21. The van der Waals surface area contributed by atoms with Crippen LogP contribution >= 0.6 is 0 Å². The van der Waals surface area contributed by atoms with Crippen molar-refractivity contribution in [1.29, 1.82) is 0 Å². The molecule has 1 N–H and O–H groups in total. The van der Waals surface area contributed by atoms with Gasteiger partial charge in [0.25, 0.3) is 5.91 Å². The highest BCUT2D eigenvalue weighted by Crippen LogP contribution is 2.23. The fourth-order valence-corrected chi connectivity index (χ4v) is 2.14. The number of amides is 1. The number of hydrogen-bond acceptors (Lipinski definition) is 5. The van der Waals surface area contributed by atoms with E-state index in [1.807, 2.05) is 37.3 Å². The van der Waals surface area contributed by atoms with Gasteiger partial charge in [-0.3, -0.25) is 9.20 Å². The van der Waals surface area contributed by atoms with Gasteiger partial charge >= 0.3 is 6.01 Å². The molecule has 0 saturated carbocycles. The Hall–Kier alpha value is -3.09. The van der Waals surface area contributed by atoms with E-state index in [9.17, 15) is 4.79 Å². The average molecular weight is 326 g/mol. The molecule has 2 aromatic heterocycles. The highest BCUT2D eigenvalue weighted by molar-refractivity contribution is 5.93. The lowest BCUT2D eigenvalue weighted by Gasteiger charge is -2.11. The number of hydrogen-bond donors (Lipinski definition) is 1. The molecule has 1 aromatic carbocycles. The first-order chi connectivity index (χ1) is 11.8. The first-order valence-corrected chi connectivity index (χ1v) is 7.72. The minimum atomic E-state index is -0.296. The first-order valence-electron chi connectivity index (χ1n) is 7.72. The second kappa shape index (κ2) is 7.45. The summed E-state index contributed by atoms with van der Waals surface area (Å²) in [6, 6.07) is 13.1. The zero-order valence-electron chi connectivity index (χ0n) is 13.3. The van der Waals surface area contributed by atoms with Crippen LogP contribution in [0.5, 0.6) is 11.8 Å². The third kappa shape index (κ3) is 3.62. The monoisotopic (exact) mass is 326 g/mol. The van der Waals surface area contributed by atoms with Gasteiger partial charge < -0.3 is 14.8 Å². The molecule has 0 saturated heterocycles. The molecule has 0 fully saturated rings. The molecule has 1 amide bonds. The van der Waals surface area contributed by atoms with Gasteiger partial charge in [0.05, 0.1) is 12.3 Å². The summed E-state index contributed by atoms with van der Waals surface area (Å²) in [5, 5.41) is 10.7. The van der Waals surface area contributed by atoms with Crippen molar-refractivity contribution < 1.29 is 14.3 Å². The summed E-state index contributed by atoms with van der Waals surface area (Å²) < 4.78 is 12.7. The van der Waals surface area contributed by atoms with Crippen LogP contribution in [-0.4, -0.2) is 33.7 Å². The SMILES string of the molecule is CCCOc1ccccc1NC(=O)COc1nnc2ccccn12. The molecule has 3 aromatic rings. The van der Waals surface area contributed by atoms with Crippen molar-refractivity contribution in [1.82, 2.24) is 14.6 Å². The van der Waals surface area contributed by atoms with Gasteiger partial charge in [0.1, 0.15) is 5.75 Å². The normalized spacial score (nSPS) is 10.5. The number of rotatable bonds is 7. The van der Waals surface area contributed by atoms with Gasteiger partial charge in [0.15, 0.2) is 12.3 Å². The molecular formula is C17H18N4O3. The summed E-state index contributed by atoms with van der Waals surface area (Å²) in [6.07, 6.45) is 2.67. The van der Waals surface area contributed by atoms with Crippen molar-refractivity contribution in [2.24, 2.45) is 0 Å². The highest BCUT2D eigenvalue weighted by atomic mass is 16.5. The van der Waals surface area contributed by atoms with Crippen molar-refractivity contribution >= 4 is 17.2 Å². The van der Waals surface area contributed by atoms with Crippen LogP contribution in [0.2, 0.25) is 0 Å². The number of nitrogens with zero attached hydrogens (tertiary/aromatic N) is 3. The smallest absolute Gasteiger partial charge is 0.322 e. The molecule has 7 heteroatoms. The van der Waals surface area contributed by atoms with Crippen molar-refractivity contribution in [2.45, 2.75) is 13.3 Å². The molecule has 0 aliphatic heterocycles. The van der Waals surface area contributed by atoms with Gasteiger partial charge in [-0.15, -0.1) is 5.10 Å². The summed E-state index contributed by atoms with van der Waals surface area (Å²) in [4.78, 5) is 12.1. The van der Waals surface area contributed by atoms with Crippen molar-refractivity contribution in [3.05, 3.63) is 48.7 Å². The maximum Gasteiger partial charge on any atom is 0.322 e. The highest BCUT2D eigenvalue weighted by Gasteiger charge is 2.11. The van der Waals surface area contributed by atoms with Crippen LogP contribution in [0, 0.1) is 0 Å². The van der Waals surface area contributed by atoms with Crippen LogP contribution in [0.15, 0.2) is 48.7 Å². The number of fused-ring (bicyclic) bond motifs is 1. The van der Waals surface area contributed by atoms with E-state index in [2.05, 4.69) is 15.5 Å². The molecule has 2 heterocycles. The Morgan fingerprint density at radius 2 is 1.96 bits per heavy atom. The van der Waals surface area contributed by atoms with Gasteiger partial charge in [0, 0.05) is 6.20 Å². The van der Waals surface area contributed by atoms with Crippen LogP contribution in [0.3, 0.4) is 0 Å². The number of pyridine rings is 1. The Morgan fingerprint density at radius 3 is 2.83 bits per heavy atom. The molecule has 0 atom stereocenters. The van der Waals surface area contributed by atoms with E-state index in [4.69, 9.17) is 9.47 Å². The third-order valence-electron chi connectivity index (χ3n) is 3.24. The van der Waals surface area contributed by atoms with Crippen LogP contribution in [0.4, 0.5) is 5.69 Å². The van der Waals surface area contributed by atoms with E-state index in [0.717, 1.165) is 6.42 Å². The van der Waals surface area contributed by atoms with Crippen LogP contribution in [0.25, 0.3) is 5.65 Å². The summed E-state index contributed by atoms with van der Waals surface area (Å²) in [7, 11) is 0. The maximum absolute atomic E-state index is 12.1. The number of carbonyl (C=O) groups is 1. The van der Waals surface area contributed by atoms with Gasteiger partial charge in [-0.25, -0.2) is 0 Å². The topological polar surface area (TPSA) is 77.8 Å². The predicted molar refractivity (Wildman–Crippen MR) is 89.3 cm³/mol. The second-order valence-corrected chi connectivity index (χ2v) is 5.09. The van der Waals surface area contributed by atoms with E-state index < -0.39 is 0 Å². The van der Waals surface area contributed by atoms with E-state index >= 15 is 0 Å². The van der Waals surface area contributed by atoms with E-state index in [0.29, 0.717) is 23.7 Å². The summed E-state index contributed by atoms with van der Waals surface area (Å²) >= 11 is 0. The summed E-state index contributed by atoms with van der Waals surface area (Å²) in [5.41, 5.74) is 1.27. The Balaban J connectivity index is 1.62. The zero-order chi connectivity index (χ0) is 16.8. The Bertz CT molecular complexity index is 831. The van der Waals surface area contributed by atoms with Crippen LogP contribution in [-0.2, 0) is 4.79 Å². The van der Waals surface area contributed by atoms with Gasteiger partial charge in [-0.2, -0.15) is 0 Å². The minimum absolute atomic E-state index is 0.169. The summed E-state index contributed by atoms with van der Waals surface area (Å²) in [5.74, 6) is 0.343.